The molecule has 2 aliphatic rings. The Hall–Kier alpha value is -1.13. The Balaban J connectivity index is 1.68. The Morgan fingerprint density at radius 1 is 1.19 bits per heavy atom. The second kappa shape index (κ2) is 6.32. The lowest BCUT2D eigenvalue weighted by atomic mass is 10.1. The Labute approximate surface area is 126 Å². The minimum atomic E-state index is -0.617. The Morgan fingerprint density at radius 2 is 1.95 bits per heavy atom. The van der Waals surface area contributed by atoms with Gasteiger partial charge in [-0.25, -0.2) is 4.39 Å². The molecule has 0 spiro atoms. The van der Waals surface area contributed by atoms with Gasteiger partial charge in [0.05, 0.1) is 11.8 Å². The molecule has 3 rings (SSSR count). The number of rotatable bonds is 3. The molecule has 2 unspecified atom stereocenters. The molecule has 0 aliphatic carbocycles. The van der Waals surface area contributed by atoms with Crippen molar-refractivity contribution in [2.24, 2.45) is 0 Å². The third kappa shape index (κ3) is 3.22. The van der Waals surface area contributed by atoms with E-state index in [0.717, 1.165) is 19.5 Å². The molecule has 116 valence electrons. The van der Waals surface area contributed by atoms with Gasteiger partial charge in [0.1, 0.15) is 5.82 Å². The van der Waals surface area contributed by atoms with Crippen LogP contribution in [0.15, 0.2) is 18.2 Å². The van der Waals surface area contributed by atoms with Gasteiger partial charge in [0.2, 0.25) is 0 Å². The Bertz CT molecular complexity index is 486. The molecule has 0 radical (unpaired) electrons. The number of nitrogens with zero attached hydrogens (tertiary/aromatic N) is 2. The first-order valence-corrected chi connectivity index (χ1v) is 8.11. The molecule has 0 amide bonds. The highest BCUT2D eigenvalue weighted by Crippen LogP contribution is 2.28. The smallest absolute Gasteiger partial charge is 0.146 e. The van der Waals surface area contributed by atoms with Crippen molar-refractivity contribution < 1.29 is 9.50 Å². The summed E-state index contributed by atoms with van der Waals surface area (Å²) in [6, 6.07) is 5.68. The van der Waals surface area contributed by atoms with Crippen molar-refractivity contribution >= 4 is 5.69 Å². The molecule has 0 aromatic heterocycles. The molecule has 2 fully saturated rings. The number of benzene rings is 1. The first kappa shape index (κ1) is 14.8. The van der Waals surface area contributed by atoms with Crippen LogP contribution in [0.5, 0.6) is 0 Å². The maximum atomic E-state index is 14.3. The number of aliphatic hydroxyl groups is 1. The predicted molar refractivity (Wildman–Crippen MR) is 83.1 cm³/mol. The van der Waals surface area contributed by atoms with Crippen LogP contribution in [-0.2, 0) is 0 Å². The number of likely N-dealkylation sites (tertiary alicyclic amines) is 1. The molecule has 21 heavy (non-hydrogen) atoms. The summed E-state index contributed by atoms with van der Waals surface area (Å²) in [5.74, 6) is -0.215. The maximum Gasteiger partial charge on any atom is 0.146 e. The van der Waals surface area contributed by atoms with E-state index in [1.54, 1.807) is 6.92 Å². The van der Waals surface area contributed by atoms with Gasteiger partial charge in [-0.1, -0.05) is 12.5 Å². The van der Waals surface area contributed by atoms with E-state index in [1.807, 2.05) is 12.1 Å². The topological polar surface area (TPSA) is 26.7 Å². The number of piperidine rings is 1. The van der Waals surface area contributed by atoms with Crippen LogP contribution in [0.3, 0.4) is 0 Å². The normalized spacial score (nSPS) is 25.3. The molecule has 0 saturated carbocycles. The average Bonchev–Trinajstić information content (AvgIpc) is 2.97. The minimum Gasteiger partial charge on any atom is -0.389 e. The third-order valence-electron chi connectivity index (χ3n) is 4.87. The molecular weight excluding hydrogens is 267 g/mol. The van der Waals surface area contributed by atoms with Gasteiger partial charge >= 0.3 is 0 Å². The van der Waals surface area contributed by atoms with Gasteiger partial charge in [0.25, 0.3) is 0 Å². The van der Waals surface area contributed by atoms with Gasteiger partial charge in [-0.05, 0) is 57.0 Å². The van der Waals surface area contributed by atoms with Crippen LogP contribution >= 0.6 is 0 Å². The van der Waals surface area contributed by atoms with E-state index in [-0.39, 0.29) is 5.82 Å². The molecule has 4 heteroatoms. The fourth-order valence-electron chi connectivity index (χ4n) is 3.58. The summed E-state index contributed by atoms with van der Waals surface area (Å²) in [6.45, 7) is 5.90. The van der Waals surface area contributed by atoms with Gasteiger partial charge in [-0.2, -0.15) is 0 Å². The third-order valence-corrected chi connectivity index (χ3v) is 4.87. The van der Waals surface area contributed by atoms with Gasteiger partial charge in [-0.15, -0.1) is 0 Å². The number of hydrogen-bond acceptors (Lipinski definition) is 3. The second-order valence-corrected chi connectivity index (χ2v) is 6.37. The summed E-state index contributed by atoms with van der Waals surface area (Å²) >= 11 is 0. The van der Waals surface area contributed by atoms with Crippen molar-refractivity contribution in [1.29, 1.82) is 0 Å². The average molecular weight is 292 g/mol. The number of hydrogen-bond donors (Lipinski definition) is 1. The quantitative estimate of drug-likeness (QED) is 0.928. The van der Waals surface area contributed by atoms with E-state index in [0.29, 0.717) is 17.3 Å². The van der Waals surface area contributed by atoms with Crippen LogP contribution in [0, 0.1) is 5.82 Å². The molecule has 1 N–H and O–H groups in total. The van der Waals surface area contributed by atoms with Gasteiger partial charge in [-0.3, -0.25) is 4.90 Å². The van der Waals surface area contributed by atoms with Crippen molar-refractivity contribution in [2.45, 2.75) is 44.8 Å². The molecular formula is C17H25FN2O. The largest absolute Gasteiger partial charge is 0.389 e. The van der Waals surface area contributed by atoms with Crippen LogP contribution < -0.4 is 4.90 Å². The summed E-state index contributed by atoms with van der Waals surface area (Å²) in [5, 5.41) is 9.53. The molecule has 1 aromatic rings. The molecule has 2 heterocycles. The fourth-order valence-corrected chi connectivity index (χ4v) is 3.58. The highest BCUT2D eigenvalue weighted by atomic mass is 19.1. The monoisotopic (exact) mass is 292 g/mol. The van der Waals surface area contributed by atoms with Gasteiger partial charge in [0.15, 0.2) is 0 Å². The van der Waals surface area contributed by atoms with Crippen LogP contribution in [-0.4, -0.2) is 42.2 Å². The Kier molecular flexibility index (Phi) is 4.45. The van der Waals surface area contributed by atoms with Crippen LogP contribution in [0.1, 0.15) is 44.3 Å². The maximum absolute atomic E-state index is 14.3. The summed E-state index contributed by atoms with van der Waals surface area (Å²) in [4.78, 5) is 4.73. The van der Waals surface area contributed by atoms with Crippen molar-refractivity contribution in [1.82, 2.24) is 4.90 Å². The van der Waals surface area contributed by atoms with Crippen LogP contribution in [0.4, 0.5) is 10.1 Å². The van der Waals surface area contributed by atoms with E-state index in [2.05, 4.69) is 9.80 Å². The van der Waals surface area contributed by atoms with E-state index in [1.165, 1.54) is 38.4 Å². The lowest BCUT2D eigenvalue weighted by Gasteiger charge is -2.32. The lowest BCUT2D eigenvalue weighted by molar-refractivity contribution is 0.174. The number of halogens is 1. The predicted octanol–water partition coefficient (Wildman–Crippen LogP) is 2.94. The Morgan fingerprint density at radius 3 is 2.62 bits per heavy atom. The molecule has 3 nitrogen and oxygen atoms in total. The molecule has 1 aromatic carbocycles. The molecule has 2 aliphatic heterocycles. The van der Waals surface area contributed by atoms with Crippen molar-refractivity contribution in [3.05, 3.63) is 29.6 Å². The molecule has 2 saturated heterocycles. The van der Waals surface area contributed by atoms with Crippen molar-refractivity contribution in [3.8, 4) is 0 Å². The summed E-state index contributed by atoms with van der Waals surface area (Å²) in [7, 11) is 0. The summed E-state index contributed by atoms with van der Waals surface area (Å²) in [5.41, 5.74) is 1.32. The summed E-state index contributed by atoms with van der Waals surface area (Å²) in [6.07, 6.45) is 4.45. The SMILES string of the molecule is CC(O)c1ccc(N2CCC(N3CCCCC3)C2)c(F)c1. The second-order valence-electron chi connectivity index (χ2n) is 6.37. The first-order chi connectivity index (χ1) is 10.1. The van der Waals surface area contributed by atoms with Crippen molar-refractivity contribution in [3.63, 3.8) is 0 Å². The van der Waals surface area contributed by atoms with E-state index in [9.17, 15) is 9.50 Å². The number of aliphatic hydroxyl groups excluding tert-OH is 1. The van der Waals surface area contributed by atoms with Crippen LogP contribution in [0.25, 0.3) is 0 Å². The zero-order chi connectivity index (χ0) is 14.8. The van der Waals surface area contributed by atoms with E-state index >= 15 is 0 Å². The highest BCUT2D eigenvalue weighted by molar-refractivity contribution is 5.50. The van der Waals surface area contributed by atoms with Gasteiger partial charge < -0.3 is 10.0 Å². The molecule has 0 bridgehead atoms. The standard InChI is InChI=1S/C17H25FN2O/c1-13(21)14-5-6-17(16(18)11-14)20-10-7-15(12-20)19-8-3-2-4-9-19/h5-6,11,13,15,21H,2-4,7-10,12H2,1H3. The van der Waals surface area contributed by atoms with Crippen LogP contribution in [0.2, 0.25) is 0 Å². The first-order valence-electron chi connectivity index (χ1n) is 8.11. The van der Waals surface area contributed by atoms with Crippen molar-refractivity contribution in [2.75, 3.05) is 31.1 Å². The van der Waals surface area contributed by atoms with Gasteiger partial charge in [0, 0.05) is 19.1 Å². The summed E-state index contributed by atoms with van der Waals surface area (Å²) < 4.78 is 14.3. The zero-order valence-electron chi connectivity index (χ0n) is 12.8. The number of anilines is 1. The minimum absolute atomic E-state index is 0.215. The lowest BCUT2D eigenvalue weighted by Crippen LogP contribution is -2.40. The molecule has 2 atom stereocenters. The fraction of sp³-hybridized carbons (Fsp3) is 0.647. The highest BCUT2D eigenvalue weighted by Gasteiger charge is 2.29. The van der Waals surface area contributed by atoms with E-state index in [4.69, 9.17) is 0 Å². The zero-order valence-corrected chi connectivity index (χ0v) is 12.8. The van der Waals surface area contributed by atoms with E-state index < -0.39 is 6.10 Å².